The van der Waals surface area contributed by atoms with Gasteiger partial charge in [0.15, 0.2) is 5.78 Å². The molecule has 1 atom stereocenters. The van der Waals surface area contributed by atoms with Crippen molar-refractivity contribution in [3.05, 3.63) is 12.2 Å². The Morgan fingerprint density at radius 2 is 1.93 bits per heavy atom. The predicted molar refractivity (Wildman–Crippen MR) is 49.1 cm³/mol. The van der Waals surface area contributed by atoms with E-state index in [1.54, 1.807) is 6.92 Å². The normalized spacial score (nSPS) is 17.7. The summed E-state index contributed by atoms with van der Waals surface area (Å²) < 4.78 is 0. The maximum absolute atomic E-state index is 11.4. The number of carbonyl (C=O) groups is 3. The minimum atomic E-state index is -0.810. The van der Waals surface area contributed by atoms with Gasteiger partial charge in [-0.2, -0.15) is 0 Å². The molecule has 5 nitrogen and oxygen atoms in total. The van der Waals surface area contributed by atoms with Crippen LogP contribution in [0.3, 0.4) is 0 Å². The lowest BCUT2D eigenvalue weighted by Crippen LogP contribution is -2.49. The fraction of sp³-hybridized carbons (Fsp3) is 0.444. The fourth-order valence-electron chi connectivity index (χ4n) is 1.34. The summed E-state index contributed by atoms with van der Waals surface area (Å²) in [5.41, 5.74) is 5.36. The largest absolute Gasteiger partial charge is 0.328 e. The standard InChI is InChI=1S/C9H12N2O3/c1-2-7(12)6(5-10)11-8(13)3-4-9(11)14/h3-4,6H,2,5,10H2,1H3. The lowest BCUT2D eigenvalue weighted by molar-refractivity contribution is -0.144. The number of hydrogen-bond donors (Lipinski definition) is 1. The van der Waals surface area contributed by atoms with E-state index >= 15 is 0 Å². The van der Waals surface area contributed by atoms with Gasteiger partial charge in [0.05, 0.1) is 0 Å². The van der Waals surface area contributed by atoms with Crippen molar-refractivity contribution in [3.8, 4) is 0 Å². The summed E-state index contributed by atoms with van der Waals surface area (Å²) in [6, 6.07) is -0.810. The number of nitrogens with two attached hydrogens (primary N) is 1. The van der Waals surface area contributed by atoms with Gasteiger partial charge in [-0.25, -0.2) is 0 Å². The Hall–Kier alpha value is -1.49. The lowest BCUT2D eigenvalue weighted by Gasteiger charge is -2.22. The van der Waals surface area contributed by atoms with E-state index in [-0.39, 0.29) is 18.7 Å². The van der Waals surface area contributed by atoms with Crippen molar-refractivity contribution >= 4 is 17.6 Å². The van der Waals surface area contributed by atoms with Gasteiger partial charge >= 0.3 is 0 Å². The molecule has 2 N–H and O–H groups in total. The Morgan fingerprint density at radius 1 is 1.43 bits per heavy atom. The molecule has 0 bridgehead atoms. The molecule has 2 amide bonds. The van der Waals surface area contributed by atoms with Crippen molar-refractivity contribution in [3.63, 3.8) is 0 Å². The lowest BCUT2D eigenvalue weighted by atomic mass is 10.1. The molecule has 14 heavy (non-hydrogen) atoms. The van der Waals surface area contributed by atoms with Gasteiger partial charge in [0.1, 0.15) is 6.04 Å². The minimum absolute atomic E-state index is 0.0220. The number of hydrogen-bond acceptors (Lipinski definition) is 4. The molecule has 0 saturated heterocycles. The highest BCUT2D eigenvalue weighted by Crippen LogP contribution is 2.10. The van der Waals surface area contributed by atoms with Crippen LogP contribution in [0.4, 0.5) is 0 Å². The molecule has 0 radical (unpaired) electrons. The van der Waals surface area contributed by atoms with Gasteiger partial charge in [-0.1, -0.05) is 6.92 Å². The van der Waals surface area contributed by atoms with Crippen LogP contribution in [-0.2, 0) is 14.4 Å². The molecule has 5 heteroatoms. The second-order valence-electron chi connectivity index (χ2n) is 2.95. The molecule has 0 aromatic rings. The van der Waals surface area contributed by atoms with Gasteiger partial charge in [-0.15, -0.1) is 0 Å². The fourth-order valence-corrected chi connectivity index (χ4v) is 1.34. The van der Waals surface area contributed by atoms with Crippen LogP contribution in [0.5, 0.6) is 0 Å². The number of rotatable bonds is 4. The first-order valence-electron chi connectivity index (χ1n) is 4.39. The highest BCUT2D eigenvalue weighted by Gasteiger charge is 2.33. The maximum atomic E-state index is 11.4. The number of Topliss-reactive ketones (excluding diaryl/α,β-unsaturated/α-hetero) is 1. The van der Waals surface area contributed by atoms with Gasteiger partial charge in [0.25, 0.3) is 11.8 Å². The van der Waals surface area contributed by atoms with E-state index < -0.39 is 17.9 Å². The summed E-state index contributed by atoms with van der Waals surface area (Å²) in [7, 11) is 0. The zero-order chi connectivity index (χ0) is 10.7. The van der Waals surface area contributed by atoms with Gasteiger partial charge in [0.2, 0.25) is 0 Å². The summed E-state index contributed by atoms with van der Waals surface area (Å²) in [6.07, 6.45) is 2.56. The molecule has 1 unspecified atom stereocenters. The first kappa shape index (κ1) is 10.6. The second-order valence-corrected chi connectivity index (χ2v) is 2.95. The molecule has 1 rings (SSSR count). The smallest absolute Gasteiger partial charge is 0.254 e. The van der Waals surface area contributed by atoms with Crippen LogP contribution in [0.2, 0.25) is 0 Å². The van der Waals surface area contributed by atoms with Crippen molar-refractivity contribution in [2.75, 3.05) is 6.54 Å². The van der Waals surface area contributed by atoms with E-state index in [4.69, 9.17) is 5.73 Å². The van der Waals surface area contributed by atoms with Crippen molar-refractivity contribution in [1.29, 1.82) is 0 Å². The van der Waals surface area contributed by atoms with Crippen LogP contribution in [-0.4, -0.2) is 35.1 Å². The van der Waals surface area contributed by atoms with Crippen molar-refractivity contribution in [2.24, 2.45) is 5.73 Å². The van der Waals surface area contributed by atoms with Gasteiger partial charge in [-0.05, 0) is 0 Å². The molecule has 76 valence electrons. The topological polar surface area (TPSA) is 80.5 Å². The molecule has 0 fully saturated rings. The van der Waals surface area contributed by atoms with Crippen molar-refractivity contribution in [2.45, 2.75) is 19.4 Å². The summed E-state index contributed by atoms with van der Waals surface area (Å²) in [5.74, 6) is -1.13. The third-order valence-corrected chi connectivity index (χ3v) is 2.10. The molecular weight excluding hydrogens is 184 g/mol. The molecule has 0 aliphatic carbocycles. The summed E-state index contributed by atoms with van der Waals surface area (Å²) in [6.45, 7) is 1.65. The van der Waals surface area contributed by atoms with E-state index in [0.717, 1.165) is 17.1 Å². The van der Waals surface area contributed by atoms with E-state index in [2.05, 4.69) is 0 Å². The Balaban J connectivity index is 2.85. The summed E-state index contributed by atoms with van der Waals surface area (Å²) in [5, 5.41) is 0. The predicted octanol–water partition coefficient (Wildman–Crippen LogP) is -0.782. The molecule has 0 spiro atoms. The highest BCUT2D eigenvalue weighted by atomic mass is 16.2. The third-order valence-electron chi connectivity index (χ3n) is 2.10. The van der Waals surface area contributed by atoms with E-state index in [1.165, 1.54) is 0 Å². The zero-order valence-electron chi connectivity index (χ0n) is 7.90. The van der Waals surface area contributed by atoms with Gasteiger partial charge in [0, 0.05) is 25.1 Å². The molecule has 0 aromatic heterocycles. The first-order valence-corrected chi connectivity index (χ1v) is 4.39. The Morgan fingerprint density at radius 3 is 2.29 bits per heavy atom. The zero-order valence-corrected chi connectivity index (χ0v) is 7.90. The molecule has 0 saturated carbocycles. The van der Waals surface area contributed by atoms with Crippen LogP contribution in [0.15, 0.2) is 12.2 Å². The number of nitrogens with zero attached hydrogens (tertiary/aromatic N) is 1. The van der Waals surface area contributed by atoms with E-state index in [9.17, 15) is 14.4 Å². The monoisotopic (exact) mass is 196 g/mol. The maximum Gasteiger partial charge on any atom is 0.254 e. The third kappa shape index (κ3) is 1.72. The number of ketones is 1. The van der Waals surface area contributed by atoms with Crippen LogP contribution in [0.1, 0.15) is 13.3 Å². The summed E-state index contributed by atoms with van der Waals surface area (Å²) in [4.78, 5) is 34.7. The van der Waals surface area contributed by atoms with Crippen LogP contribution >= 0.6 is 0 Å². The molecule has 0 aromatic carbocycles. The van der Waals surface area contributed by atoms with E-state index in [0.29, 0.717) is 0 Å². The highest BCUT2D eigenvalue weighted by molar-refractivity contribution is 6.15. The Kier molecular flexibility index (Phi) is 3.14. The average molecular weight is 196 g/mol. The SMILES string of the molecule is CCC(=O)C(CN)N1C(=O)C=CC1=O. The molecule has 1 aliphatic heterocycles. The minimum Gasteiger partial charge on any atom is -0.328 e. The molecule has 1 aliphatic rings. The Labute approximate surface area is 81.5 Å². The van der Waals surface area contributed by atoms with Crippen LogP contribution in [0, 0.1) is 0 Å². The average Bonchev–Trinajstić information content (AvgIpc) is 2.50. The number of carbonyl (C=O) groups excluding carboxylic acids is 3. The second kappa shape index (κ2) is 4.15. The van der Waals surface area contributed by atoms with Gasteiger partial charge < -0.3 is 5.73 Å². The molecule has 1 heterocycles. The van der Waals surface area contributed by atoms with Gasteiger partial charge in [-0.3, -0.25) is 19.3 Å². The van der Waals surface area contributed by atoms with E-state index in [1.807, 2.05) is 0 Å². The van der Waals surface area contributed by atoms with Crippen molar-refractivity contribution in [1.82, 2.24) is 4.90 Å². The molecular formula is C9H12N2O3. The quantitative estimate of drug-likeness (QED) is 0.598. The van der Waals surface area contributed by atoms with Crippen molar-refractivity contribution < 1.29 is 14.4 Å². The van der Waals surface area contributed by atoms with Crippen LogP contribution in [0.25, 0.3) is 0 Å². The summed E-state index contributed by atoms with van der Waals surface area (Å²) >= 11 is 0. The number of amides is 2. The Bertz CT molecular complexity index is 291. The number of imide groups is 1. The van der Waals surface area contributed by atoms with Crippen LogP contribution < -0.4 is 5.73 Å². The first-order chi connectivity index (χ1) is 6.61.